The van der Waals surface area contributed by atoms with E-state index in [-0.39, 0.29) is 18.5 Å². The van der Waals surface area contributed by atoms with Gasteiger partial charge in [0.1, 0.15) is 6.04 Å². The van der Waals surface area contributed by atoms with Crippen LogP contribution < -0.4 is 5.32 Å². The van der Waals surface area contributed by atoms with Crippen molar-refractivity contribution < 1.29 is 19.5 Å². The third-order valence-corrected chi connectivity index (χ3v) is 8.30. The van der Waals surface area contributed by atoms with E-state index >= 15 is 0 Å². The number of carbonyl (C=O) groups excluding carboxylic acids is 2. The molecule has 40 heavy (non-hydrogen) atoms. The zero-order chi connectivity index (χ0) is 28.5. The van der Waals surface area contributed by atoms with Gasteiger partial charge in [-0.3, -0.25) is 9.78 Å². The van der Waals surface area contributed by atoms with Crippen molar-refractivity contribution in [3.05, 3.63) is 93.4 Å². The first kappa shape index (κ1) is 29.4. The maximum atomic E-state index is 14.0. The Morgan fingerprint density at radius 2 is 1.88 bits per heavy atom. The van der Waals surface area contributed by atoms with Crippen molar-refractivity contribution in [2.24, 2.45) is 0 Å². The molecule has 0 saturated carbocycles. The molecule has 0 aliphatic carbocycles. The fraction of sp³-hybridized carbons (Fsp3) is 0.333. The van der Waals surface area contributed by atoms with Crippen LogP contribution in [-0.2, 0) is 22.7 Å². The summed E-state index contributed by atoms with van der Waals surface area (Å²) in [5.41, 5.74) is 5.94. The van der Waals surface area contributed by atoms with Gasteiger partial charge in [0.2, 0.25) is 5.91 Å². The second-order valence-electron chi connectivity index (χ2n) is 9.68. The second kappa shape index (κ2) is 14.1. The first-order valence-electron chi connectivity index (χ1n) is 13.1. The van der Waals surface area contributed by atoms with Gasteiger partial charge in [-0.05, 0) is 54.0 Å². The number of rotatable bonds is 11. The van der Waals surface area contributed by atoms with Gasteiger partial charge in [-0.15, -0.1) is 11.3 Å². The Labute approximate surface area is 243 Å². The predicted molar refractivity (Wildman–Crippen MR) is 160 cm³/mol. The Morgan fingerprint density at radius 3 is 2.55 bits per heavy atom. The van der Waals surface area contributed by atoms with Gasteiger partial charge in [-0.2, -0.15) is 11.8 Å². The molecule has 0 bridgehead atoms. The largest absolute Gasteiger partial charge is 0.480 e. The number of aromatic nitrogens is 1. The third kappa shape index (κ3) is 7.51. The van der Waals surface area contributed by atoms with Gasteiger partial charge < -0.3 is 20.2 Å². The number of thioether (sulfide) groups is 1. The minimum atomic E-state index is -1.05. The minimum absolute atomic E-state index is 0.119. The molecule has 8 nitrogen and oxygen atoms in total. The Kier molecular flexibility index (Phi) is 10.4. The van der Waals surface area contributed by atoms with E-state index in [1.807, 2.05) is 72.7 Å². The molecule has 0 spiro atoms. The maximum absolute atomic E-state index is 14.0. The molecule has 1 aliphatic rings. The van der Waals surface area contributed by atoms with Crippen LogP contribution in [0.5, 0.6) is 0 Å². The summed E-state index contributed by atoms with van der Waals surface area (Å²) in [5, 5.41) is 12.4. The minimum Gasteiger partial charge on any atom is -0.480 e. The van der Waals surface area contributed by atoms with Gasteiger partial charge in [0.15, 0.2) is 0 Å². The van der Waals surface area contributed by atoms with Crippen molar-refractivity contribution in [3.8, 4) is 0 Å². The van der Waals surface area contributed by atoms with Crippen LogP contribution in [0.3, 0.4) is 0 Å². The van der Waals surface area contributed by atoms with Crippen LogP contribution >= 0.6 is 23.1 Å². The van der Waals surface area contributed by atoms with Crippen molar-refractivity contribution in [1.82, 2.24) is 20.1 Å². The number of carbonyl (C=O) groups is 3. The van der Waals surface area contributed by atoms with Crippen LogP contribution in [0.15, 0.2) is 71.9 Å². The van der Waals surface area contributed by atoms with Gasteiger partial charge in [-0.25, -0.2) is 9.59 Å². The average molecular weight is 579 g/mol. The van der Waals surface area contributed by atoms with E-state index in [1.54, 1.807) is 16.6 Å². The molecular weight excluding hydrogens is 544 g/mol. The number of carboxylic acid groups (broad SMARTS) is 1. The maximum Gasteiger partial charge on any atom is 0.326 e. The van der Waals surface area contributed by atoms with E-state index in [4.69, 9.17) is 0 Å². The first-order valence-corrected chi connectivity index (χ1v) is 15.4. The number of nitrogens with zero attached hydrogens (tertiary/aromatic N) is 3. The monoisotopic (exact) mass is 578 g/mol. The summed E-state index contributed by atoms with van der Waals surface area (Å²) in [5.74, 6) is -0.808. The van der Waals surface area contributed by atoms with E-state index < -0.39 is 12.0 Å². The Morgan fingerprint density at radius 1 is 1.12 bits per heavy atom. The number of aliphatic carboxylic acids is 1. The Hall–Kier alpha value is -3.63. The van der Waals surface area contributed by atoms with Crippen LogP contribution in [0.4, 0.5) is 4.79 Å². The lowest BCUT2D eigenvalue weighted by Crippen LogP contribution is -2.47. The van der Waals surface area contributed by atoms with E-state index in [9.17, 15) is 19.5 Å². The molecule has 3 aromatic rings. The van der Waals surface area contributed by atoms with E-state index in [1.165, 1.54) is 23.1 Å². The molecule has 10 heteroatoms. The van der Waals surface area contributed by atoms with Crippen molar-refractivity contribution in [2.75, 3.05) is 25.1 Å². The van der Waals surface area contributed by atoms with Crippen LogP contribution in [0, 0.1) is 6.92 Å². The smallest absolute Gasteiger partial charge is 0.326 e. The fourth-order valence-corrected chi connectivity index (χ4v) is 5.86. The normalized spacial score (nSPS) is 14.1. The van der Waals surface area contributed by atoms with E-state index in [0.29, 0.717) is 43.8 Å². The summed E-state index contributed by atoms with van der Waals surface area (Å²) in [7, 11) is 0. The summed E-state index contributed by atoms with van der Waals surface area (Å²) in [4.78, 5) is 48.0. The van der Waals surface area contributed by atoms with Gasteiger partial charge >= 0.3 is 12.0 Å². The zero-order valence-electron chi connectivity index (χ0n) is 22.7. The molecule has 0 saturated heterocycles. The van der Waals surface area contributed by atoms with Crippen molar-refractivity contribution >= 4 is 46.6 Å². The van der Waals surface area contributed by atoms with Crippen molar-refractivity contribution in [2.45, 2.75) is 38.9 Å². The van der Waals surface area contributed by atoms with E-state index in [2.05, 4.69) is 10.3 Å². The number of carboxylic acids is 1. The first-order chi connectivity index (χ1) is 19.4. The summed E-state index contributed by atoms with van der Waals surface area (Å²) in [6.07, 6.45) is 4.35. The molecule has 2 heterocycles. The number of benzene rings is 2. The third-order valence-electron chi connectivity index (χ3n) is 6.89. The molecule has 2 N–H and O–H groups in total. The van der Waals surface area contributed by atoms with Crippen molar-refractivity contribution in [3.63, 3.8) is 0 Å². The van der Waals surface area contributed by atoms with Crippen molar-refractivity contribution in [1.29, 1.82) is 0 Å². The lowest BCUT2D eigenvalue weighted by atomic mass is 9.90. The van der Waals surface area contributed by atoms with Gasteiger partial charge in [0.05, 0.1) is 12.1 Å². The van der Waals surface area contributed by atoms with Gasteiger partial charge in [-0.1, -0.05) is 54.6 Å². The van der Waals surface area contributed by atoms with E-state index in [0.717, 1.165) is 27.1 Å². The fourth-order valence-electron chi connectivity index (χ4n) is 4.78. The van der Waals surface area contributed by atoms with Crippen LogP contribution in [0.25, 0.3) is 5.57 Å². The Bertz CT molecular complexity index is 1340. The summed E-state index contributed by atoms with van der Waals surface area (Å²) < 4.78 is 0. The number of amides is 3. The average Bonchev–Trinajstić information content (AvgIpc) is 3.48. The number of hydrogen-bond acceptors (Lipinski definition) is 6. The number of urea groups is 1. The molecule has 0 unspecified atom stereocenters. The van der Waals surface area contributed by atoms with Crippen LogP contribution in [0.1, 0.15) is 34.4 Å². The highest BCUT2D eigenvalue weighted by Crippen LogP contribution is 2.30. The molecule has 210 valence electrons. The molecule has 1 aromatic heterocycles. The SMILES string of the molecule is CSCC[C@H](NC(=O)C1=C(c2ccccc2C)CN(C(=O)N(Cc2ccccc2)Cc2cncs2)CC1)C(=O)O. The summed E-state index contributed by atoms with van der Waals surface area (Å²) >= 11 is 3.05. The van der Waals surface area contributed by atoms with Crippen LogP contribution in [0.2, 0.25) is 0 Å². The second-order valence-corrected chi connectivity index (χ2v) is 11.6. The number of hydrogen-bond donors (Lipinski definition) is 2. The molecule has 3 amide bonds. The molecule has 0 fully saturated rings. The molecule has 0 radical (unpaired) electrons. The highest BCUT2D eigenvalue weighted by Gasteiger charge is 2.32. The molecule has 2 aromatic carbocycles. The Balaban J connectivity index is 1.63. The highest BCUT2D eigenvalue weighted by molar-refractivity contribution is 7.98. The molecule has 4 rings (SSSR count). The lowest BCUT2D eigenvalue weighted by Gasteiger charge is -2.35. The predicted octanol–water partition coefficient (Wildman–Crippen LogP) is 5.06. The van der Waals surface area contributed by atoms with Crippen LogP contribution in [-0.4, -0.2) is 68.9 Å². The summed E-state index contributed by atoms with van der Waals surface area (Å²) in [6.45, 7) is 3.46. The molecular formula is C30H34N4O4S2. The van der Waals surface area contributed by atoms with Gasteiger partial charge in [0.25, 0.3) is 0 Å². The lowest BCUT2D eigenvalue weighted by molar-refractivity contribution is -0.141. The highest BCUT2D eigenvalue weighted by atomic mass is 32.2. The molecule has 1 atom stereocenters. The summed E-state index contributed by atoms with van der Waals surface area (Å²) in [6, 6.07) is 16.6. The quantitative estimate of drug-likeness (QED) is 0.330. The number of aryl methyl sites for hydroxylation is 1. The topological polar surface area (TPSA) is 103 Å². The zero-order valence-corrected chi connectivity index (χ0v) is 24.3. The standard InChI is InChI=1S/C30H34N4O4S2/c1-21-8-6-7-11-24(21)26-19-33(14-12-25(26)28(35)32-27(29(36)37)13-15-39-2)30(38)34(18-23-16-31-20-40-23)17-22-9-4-3-5-10-22/h3-11,16,20,27H,12-15,17-19H2,1-2H3,(H,32,35)(H,36,37)/t27-/m0/s1. The number of nitrogens with one attached hydrogen (secondary N) is 1. The number of thiazole rings is 1. The van der Waals surface area contributed by atoms with Gasteiger partial charge in [0, 0.05) is 36.3 Å². The molecule has 1 aliphatic heterocycles.